The Labute approximate surface area is 132 Å². The Morgan fingerprint density at radius 3 is 2.13 bits per heavy atom. The third-order valence-corrected chi connectivity index (χ3v) is 4.15. The van der Waals surface area contributed by atoms with Gasteiger partial charge in [0.05, 0.1) is 12.1 Å². The van der Waals surface area contributed by atoms with Gasteiger partial charge in [-0.25, -0.2) is 0 Å². The summed E-state index contributed by atoms with van der Waals surface area (Å²) in [4.78, 5) is 35.8. The third kappa shape index (κ3) is 4.33. The lowest BCUT2D eigenvalue weighted by Gasteiger charge is -2.39. The summed E-state index contributed by atoms with van der Waals surface area (Å²) < 4.78 is 38.7. The van der Waals surface area contributed by atoms with E-state index in [0.29, 0.717) is 30.6 Å². The fourth-order valence-electron chi connectivity index (χ4n) is 2.87. The lowest BCUT2D eigenvalue weighted by atomic mass is 9.91. The highest BCUT2D eigenvalue weighted by molar-refractivity contribution is 6.02. The van der Waals surface area contributed by atoms with Crippen LogP contribution >= 0.6 is 0 Å². The number of halogens is 3. The number of alkyl halides is 3. The highest BCUT2D eigenvalue weighted by Crippen LogP contribution is 2.40. The van der Waals surface area contributed by atoms with Crippen LogP contribution in [-0.4, -0.2) is 40.9 Å². The van der Waals surface area contributed by atoms with Crippen LogP contribution in [0.4, 0.5) is 13.2 Å². The van der Waals surface area contributed by atoms with Crippen molar-refractivity contribution in [3.63, 3.8) is 0 Å². The van der Waals surface area contributed by atoms with Gasteiger partial charge in [0.2, 0.25) is 11.8 Å². The molecule has 0 aromatic heterocycles. The Morgan fingerprint density at radius 1 is 1.22 bits per heavy atom. The molecule has 8 heteroatoms. The van der Waals surface area contributed by atoms with E-state index in [-0.39, 0.29) is 12.0 Å². The van der Waals surface area contributed by atoms with E-state index in [1.807, 2.05) is 0 Å². The van der Waals surface area contributed by atoms with Gasteiger partial charge >= 0.3 is 12.1 Å². The number of rotatable bonds is 5. The second kappa shape index (κ2) is 7.14. The first-order valence-corrected chi connectivity index (χ1v) is 7.43. The van der Waals surface area contributed by atoms with Crippen molar-refractivity contribution in [2.24, 2.45) is 0 Å². The lowest BCUT2D eigenvalue weighted by molar-refractivity contribution is -0.194. The maximum absolute atomic E-state index is 12.9. The van der Waals surface area contributed by atoms with Crippen LogP contribution in [0.1, 0.15) is 46.0 Å². The minimum Gasteiger partial charge on any atom is -0.343 e. The molecule has 1 aliphatic carbocycles. The fraction of sp³-hybridized carbons (Fsp3) is 0.667. The van der Waals surface area contributed by atoms with Crippen LogP contribution in [-0.2, 0) is 14.4 Å². The summed E-state index contributed by atoms with van der Waals surface area (Å²) in [5.41, 5.74) is -1.00. The molecule has 0 saturated heterocycles. The van der Waals surface area contributed by atoms with Gasteiger partial charge in [0.15, 0.2) is 0 Å². The van der Waals surface area contributed by atoms with Crippen LogP contribution in [0.3, 0.4) is 0 Å². The molecule has 0 atom stereocenters. The lowest BCUT2D eigenvalue weighted by Crippen LogP contribution is -2.59. The minimum absolute atomic E-state index is 0.123. The van der Waals surface area contributed by atoms with E-state index in [1.165, 1.54) is 6.92 Å². The Bertz CT molecular complexity index is 509. The summed E-state index contributed by atoms with van der Waals surface area (Å²) in [7, 11) is 0. The average molecular weight is 334 g/mol. The first-order chi connectivity index (χ1) is 10.5. The van der Waals surface area contributed by atoms with E-state index in [0.717, 1.165) is 0 Å². The van der Waals surface area contributed by atoms with Gasteiger partial charge in [-0.2, -0.15) is 13.2 Å². The summed E-state index contributed by atoms with van der Waals surface area (Å²) in [6.45, 7) is 5.76. The summed E-state index contributed by atoms with van der Waals surface area (Å²) in [6.07, 6.45) is -2.91. The molecular weight excluding hydrogens is 313 g/mol. The number of nitrogens with zero attached hydrogens (tertiary/aromatic N) is 1. The van der Waals surface area contributed by atoms with Gasteiger partial charge in [-0.05, 0) is 26.2 Å². The van der Waals surface area contributed by atoms with Crippen LogP contribution < -0.4 is 5.32 Å². The molecule has 0 unspecified atom stereocenters. The van der Waals surface area contributed by atoms with E-state index in [1.54, 1.807) is 6.92 Å². The summed E-state index contributed by atoms with van der Waals surface area (Å²) in [6, 6.07) is 0. The molecule has 0 radical (unpaired) electrons. The first kappa shape index (κ1) is 19.2. The van der Waals surface area contributed by atoms with Crippen molar-refractivity contribution < 1.29 is 27.6 Å². The highest BCUT2D eigenvalue weighted by atomic mass is 19.4. The Kier molecular flexibility index (Phi) is 5.96. The zero-order chi connectivity index (χ0) is 17.8. The molecule has 0 bridgehead atoms. The molecule has 130 valence electrons. The summed E-state index contributed by atoms with van der Waals surface area (Å²) >= 11 is 0. The van der Waals surface area contributed by atoms with Crippen LogP contribution in [0.2, 0.25) is 0 Å². The van der Waals surface area contributed by atoms with Crippen molar-refractivity contribution in [2.75, 3.05) is 6.54 Å². The molecule has 1 N–H and O–H groups in total. The standard InChI is InChI=1S/C15H21F3N2O3/c1-4-14(7-5-6-8-14)20(13(23)15(16,17)18)11(21)9-19-12(22)10(2)3/h2,4-9H2,1,3H3,(H,19,22). The molecular formula is C15H21F3N2O3. The van der Waals surface area contributed by atoms with Crippen LogP contribution in [0, 0.1) is 0 Å². The molecule has 3 amide bonds. The molecule has 23 heavy (non-hydrogen) atoms. The third-order valence-electron chi connectivity index (χ3n) is 4.15. The van der Waals surface area contributed by atoms with Crippen LogP contribution in [0.15, 0.2) is 12.2 Å². The van der Waals surface area contributed by atoms with E-state index < -0.39 is 36.0 Å². The zero-order valence-electron chi connectivity index (χ0n) is 13.3. The molecule has 1 saturated carbocycles. The molecule has 5 nitrogen and oxygen atoms in total. The Hall–Kier alpha value is -1.86. The minimum atomic E-state index is -5.14. The quantitative estimate of drug-likeness (QED) is 0.785. The topological polar surface area (TPSA) is 66.5 Å². The zero-order valence-corrected chi connectivity index (χ0v) is 13.3. The largest absolute Gasteiger partial charge is 0.471 e. The van der Waals surface area contributed by atoms with Gasteiger partial charge in [0, 0.05) is 5.57 Å². The Balaban J connectivity index is 3.04. The first-order valence-electron chi connectivity index (χ1n) is 7.43. The van der Waals surface area contributed by atoms with Gasteiger partial charge in [0.1, 0.15) is 0 Å². The normalized spacial score (nSPS) is 16.7. The SMILES string of the molecule is C=C(C)C(=O)NCC(=O)N(C(=O)C(F)(F)F)C1(CC)CCCC1. The van der Waals surface area contributed by atoms with E-state index >= 15 is 0 Å². The number of carbonyl (C=O) groups excluding carboxylic acids is 3. The maximum Gasteiger partial charge on any atom is 0.471 e. The molecule has 0 heterocycles. The number of carbonyl (C=O) groups is 3. The molecule has 0 aromatic carbocycles. The number of hydrogen-bond acceptors (Lipinski definition) is 3. The van der Waals surface area contributed by atoms with Crippen LogP contribution in [0.5, 0.6) is 0 Å². The van der Waals surface area contributed by atoms with Crippen molar-refractivity contribution in [2.45, 2.75) is 57.7 Å². The van der Waals surface area contributed by atoms with Crippen molar-refractivity contribution in [1.82, 2.24) is 10.2 Å². The fourth-order valence-corrected chi connectivity index (χ4v) is 2.87. The molecule has 1 aliphatic rings. The van der Waals surface area contributed by atoms with Gasteiger partial charge in [-0.1, -0.05) is 26.3 Å². The van der Waals surface area contributed by atoms with E-state index in [9.17, 15) is 27.6 Å². The van der Waals surface area contributed by atoms with Crippen molar-refractivity contribution in [1.29, 1.82) is 0 Å². The monoisotopic (exact) mass is 334 g/mol. The number of amides is 3. The summed E-state index contributed by atoms with van der Waals surface area (Å²) in [5.74, 6) is -3.86. The van der Waals surface area contributed by atoms with Gasteiger partial charge in [0.25, 0.3) is 0 Å². The van der Waals surface area contributed by atoms with E-state index in [4.69, 9.17) is 0 Å². The number of nitrogens with one attached hydrogen (secondary N) is 1. The molecule has 0 aromatic rings. The average Bonchev–Trinajstić information content (AvgIpc) is 2.93. The second-order valence-electron chi connectivity index (χ2n) is 5.78. The van der Waals surface area contributed by atoms with Crippen LogP contribution in [0.25, 0.3) is 0 Å². The summed E-state index contributed by atoms with van der Waals surface area (Å²) in [5, 5.41) is 2.18. The van der Waals surface area contributed by atoms with Gasteiger partial charge < -0.3 is 5.32 Å². The highest BCUT2D eigenvalue weighted by Gasteiger charge is 2.52. The van der Waals surface area contributed by atoms with Crippen molar-refractivity contribution in [3.05, 3.63) is 12.2 Å². The van der Waals surface area contributed by atoms with Gasteiger partial charge in [-0.15, -0.1) is 0 Å². The Morgan fingerprint density at radius 2 is 1.74 bits per heavy atom. The molecule has 0 aliphatic heterocycles. The maximum atomic E-state index is 12.9. The predicted molar refractivity (Wildman–Crippen MR) is 77.2 cm³/mol. The molecule has 1 rings (SSSR count). The smallest absolute Gasteiger partial charge is 0.343 e. The second-order valence-corrected chi connectivity index (χ2v) is 5.78. The molecule has 1 fully saturated rings. The van der Waals surface area contributed by atoms with E-state index in [2.05, 4.69) is 11.9 Å². The molecule has 0 spiro atoms. The van der Waals surface area contributed by atoms with Crippen molar-refractivity contribution in [3.8, 4) is 0 Å². The number of hydrogen-bond donors (Lipinski definition) is 1. The predicted octanol–water partition coefficient (Wildman–Crippen LogP) is 2.32. The number of imide groups is 1. The van der Waals surface area contributed by atoms with Gasteiger partial charge in [-0.3, -0.25) is 19.3 Å². The van der Waals surface area contributed by atoms with Crippen molar-refractivity contribution >= 4 is 17.7 Å².